The van der Waals surface area contributed by atoms with Crippen molar-refractivity contribution in [1.29, 1.82) is 0 Å². The highest BCUT2D eigenvalue weighted by Gasteiger charge is 2.35. The molecule has 0 aromatic heterocycles. The average Bonchev–Trinajstić information content (AvgIpc) is 3.07. The second-order valence-corrected chi connectivity index (χ2v) is 7.84. The van der Waals surface area contributed by atoms with Gasteiger partial charge in [-0.1, -0.05) is 51.8 Å². The number of amidine groups is 1. The number of unbranched alkanes of at least 4 members (excludes halogenated alkanes) is 2. The Hall–Kier alpha value is -0.180. The molecule has 1 fully saturated rings. The summed E-state index contributed by atoms with van der Waals surface area (Å²) in [6, 6.07) is 0. The van der Waals surface area contributed by atoms with Crippen LogP contribution in [0.15, 0.2) is 4.99 Å². The molecule has 2 aliphatic rings. The van der Waals surface area contributed by atoms with Gasteiger partial charge in [0.1, 0.15) is 0 Å². The zero-order valence-electron chi connectivity index (χ0n) is 12.2. The second-order valence-electron chi connectivity index (χ2n) is 6.61. The molecule has 0 saturated heterocycles. The smallest absolute Gasteiger partial charge is 0.156 e. The molecule has 2 nitrogen and oxygen atoms in total. The van der Waals surface area contributed by atoms with E-state index in [2.05, 4.69) is 31.1 Å². The quantitative estimate of drug-likeness (QED) is 0.704. The molecule has 1 N–H and O–H groups in total. The molecule has 3 heteroatoms. The fraction of sp³-hybridized carbons (Fsp3) is 0.933. The first kappa shape index (κ1) is 14.2. The van der Waals surface area contributed by atoms with Gasteiger partial charge in [-0.2, -0.15) is 0 Å². The summed E-state index contributed by atoms with van der Waals surface area (Å²) in [5.41, 5.74) is 0.399. The lowest BCUT2D eigenvalue weighted by atomic mass is 9.87. The Morgan fingerprint density at radius 1 is 1.33 bits per heavy atom. The van der Waals surface area contributed by atoms with Crippen molar-refractivity contribution in [2.45, 2.75) is 64.5 Å². The van der Waals surface area contributed by atoms with Gasteiger partial charge in [-0.25, -0.2) is 0 Å². The van der Waals surface area contributed by atoms with Crippen LogP contribution in [0.25, 0.3) is 0 Å². The SMILES string of the molecule is CCCCCC(C)(C)CNC1=NCC(C2CC2)S1. The minimum Gasteiger partial charge on any atom is -0.364 e. The average molecular weight is 268 g/mol. The van der Waals surface area contributed by atoms with Crippen molar-refractivity contribution in [2.75, 3.05) is 13.1 Å². The standard InChI is InChI=1S/C15H28N2S/c1-4-5-6-9-15(2,3)11-17-14-16-10-13(18-14)12-7-8-12/h12-13H,4-11H2,1-3H3,(H,16,17). The Bertz CT molecular complexity index is 295. The van der Waals surface area contributed by atoms with Gasteiger partial charge >= 0.3 is 0 Å². The number of hydrogen-bond acceptors (Lipinski definition) is 3. The summed E-state index contributed by atoms with van der Waals surface area (Å²) in [6.45, 7) is 9.13. The summed E-state index contributed by atoms with van der Waals surface area (Å²) in [5, 5.41) is 5.57. The van der Waals surface area contributed by atoms with E-state index < -0.39 is 0 Å². The zero-order chi connectivity index (χ0) is 13.0. The van der Waals surface area contributed by atoms with Gasteiger partial charge in [-0.15, -0.1) is 0 Å². The maximum Gasteiger partial charge on any atom is 0.156 e. The van der Waals surface area contributed by atoms with Crippen molar-refractivity contribution in [3.63, 3.8) is 0 Å². The van der Waals surface area contributed by atoms with Gasteiger partial charge in [-0.05, 0) is 30.6 Å². The molecule has 0 bridgehead atoms. The molecule has 0 aromatic carbocycles. The van der Waals surface area contributed by atoms with Gasteiger partial charge in [0.2, 0.25) is 0 Å². The number of hydrogen-bond donors (Lipinski definition) is 1. The number of nitrogens with zero attached hydrogens (tertiary/aromatic N) is 1. The summed E-state index contributed by atoms with van der Waals surface area (Å²) in [7, 11) is 0. The van der Waals surface area contributed by atoms with Gasteiger partial charge in [0.05, 0.1) is 6.54 Å². The van der Waals surface area contributed by atoms with Crippen LogP contribution in [0.3, 0.4) is 0 Å². The Morgan fingerprint density at radius 3 is 2.78 bits per heavy atom. The Morgan fingerprint density at radius 2 is 2.11 bits per heavy atom. The summed E-state index contributed by atoms with van der Waals surface area (Å²) in [4.78, 5) is 4.65. The molecule has 2 rings (SSSR count). The number of thioether (sulfide) groups is 1. The molecule has 1 unspecified atom stereocenters. The van der Waals surface area contributed by atoms with Gasteiger partial charge in [0.25, 0.3) is 0 Å². The Balaban J connectivity index is 1.64. The van der Waals surface area contributed by atoms with E-state index in [-0.39, 0.29) is 0 Å². The molecule has 18 heavy (non-hydrogen) atoms. The predicted molar refractivity (Wildman–Crippen MR) is 82.3 cm³/mol. The van der Waals surface area contributed by atoms with Crippen molar-refractivity contribution in [1.82, 2.24) is 5.32 Å². The largest absolute Gasteiger partial charge is 0.364 e. The van der Waals surface area contributed by atoms with E-state index in [0.29, 0.717) is 5.41 Å². The van der Waals surface area contributed by atoms with Gasteiger partial charge in [0, 0.05) is 11.8 Å². The van der Waals surface area contributed by atoms with Crippen molar-refractivity contribution in [3.05, 3.63) is 0 Å². The number of rotatable bonds is 7. The maximum atomic E-state index is 4.65. The first-order chi connectivity index (χ1) is 8.61. The summed E-state index contributed by atoms with van der Waals surface area (Å²) < 4.78 is 0. The molecule has 104 valence electrons. The van der Waals surface area contributed by atoms with E-state index in [1.54, 1.807) is 0 Å². The summed E-state index contributed by atoms with van der Waals surface area (Å²) >= 11 is 1.99. The minimum absolute atomic E-state index is 0.399. The molecule has 0 aromatic rings. The first-order valence-electron chi connectivity index (χ1n) is 7.56. The molecule has 1 heterocycles. The molecule has 1 atom stereocenters. The lowest BCUT2D eigenvalue weighted by Gasteiger charge is -2.25. The summed E-state index contributed by atoms with van der Waals surface area (Å²) in [5.74, 6) is 0.968. The lowest BCUT2D eigenvalue weighted by molar-refractivity contribution is 0.320. The predicted octanol–water partition coefficient (Wildman–Crippen LogP) is 4.06. The van der Waals surface area contributed by atoms with Crippen LogP contribution in [0, 0.1) is 11.3 Å². The fourth-order valence-corrected chi connectivity index (χ4v) is 3.66. The van der Waals surface area contributed by atoms with E-state index in [4.69, 9.17) is 0 Å². The van der Waals surface area contributed by atoms with E-state index >= 15 is 0 Å². The van der Waals surface area contributed by atoms with Crippen LogP contribution in [-0.2, 0) is 0 Å². The van der Waals surface area contributed by atoms with Crippen molar-refractivity contribution in [2.24, 2.45) is 16.3 Å². The van der Waals surface area contributed by atoms with Crippen LogP contribution < -0.4 is 5.32 Å². The molecule has 0 spiro atoms. The van der Waals surface area contributed by atoms with Gasteiger partial charge in [0.15, 0.2) is 5.17 Å². The highest BCUT2D eigenvalue weighted by atomic mass is 32.2. The molecule has 1 saturated carbocycles. The summed E-state index contributed by atoms with van der Waals surface area (Å²) in [6.07, 6.45) is 8.22. The molecular formula is C15H28N2S. The van der Waals surface area contributed by atoms with Crippen LogP contribution >= 0.6 is 11.8 Å². The maximum absolute atomic E-state index is 4.65. The highest BCUT2D eigenvalue weighted by molar-refractivity contribution is 8.14. The van der Waals surface area contributed by atoms with E-state index in [0.717, 1.165) is 24.3 Å². The van der Waals surface area contributed by atoms with Gasteiger partial charge < -0.3 is 5.32 Å². The van der Waals surface area contributed by atoms with Crippen LogP contribution in [-0.4, -0.2) is 23.5 Å². The monoisotopic (exact) mass is 268 g/mol. The van der Waals surface area contributed by atoms with Crippen LogP contribution in [0.1, 0.15) is 59.3 Å². The van der Waals surface area contributed by atoms with Gasteiger partial charge in [-0.3, -0.25) is 4.99 Å². The Kier molecular flexibility index (Phi) is 4.99. The van der Waals surface area contributed by atoms with Crippen LogP contribution in [0.5, 0.6) is 0 Å². The van der Waals surface area contributed by atoms with E-state index in [9.17, 15) is 0 Å². The molecule has 1 aliphatic heterocycles. The molecule has 0 amide bonds. The number of aliphatic imine (C=N–C) groups is 1. The fourth-order valence-electron chi connectivity index (χ4n) is 2.46. The van der Waals surface area contributed by atoms with E-state index in [1.807, 2.05) is 11.8 Å². The Labute approximate surface area is 116 Å². The molecular weight excluding hydrogens is 240 g/mol. The third-order valence-corrected chi connectivity index (χ3v) is 5.33. The second kappa shape index (κ2) is 6.31. The third kappa shape index (κ3) is 4.49. The minimum atomic E-state index is 0.399. The van der Waals surface area contributed by atoms with Crippen molar-refractivity contribution in [3.8, 4) is 0 Å². The van der Waals surface area contributed by atoms with Crippen LogP contribution in [0.4, 0.5) is 0 Å². The normalized spacial score (nSPS) is 24.2. The topological polar surface area (TPSA) is 24.4 Å². The zero-order valence-corrected chi connectivity index (χ0v) is 13.0. The molecule has 1 aliphatic carbocycles. The van der Waals surface area contributed by atoms with Crippen molar-refractivity contribution < 1.29 is 0 Å². The third-order valence-electron chi connectivity index (χ3n) is 4.00. The van der Waals surface area contributed by atoms with Crippen LogP contribution in [0.2, 0.25) is 0 Å². The van der Waals surface area contributed by atoms with Crippen molar-refractivity contribution >= 4 is 16.9 Å². The first-order valence-corrected chi connectivity index (χ1v) is 8.44. The number of nitrogens with one attached hydrogen (secondary N) is 1. The lowest BCUT2D eigenvalue weighted by Crippen LogP contribution is -2.32. The molecule has 0 radical (unpaired) electrons. The highest BCUT2D eigenvalue weighted by Crippen LogP contribution is 2.41. The van der Waals surface area contributed by atoms with E-state index in [1.165, 1.54) is 43.7 Å².